The summed E-state index contributed by atoms with van der Waals surface area (Å²) in [4.78, 5) is 5.08. The van der Waals surface area contributed by atoms with Crippen LogP contribution in [0.1, 0.15) is 6.42 Å². The molecule has 0 aromatic rings. The van der Waals surface area contributed by atoms with E-state index in [0.717, 1.165) is 4.90 Å². The maximum atomic E-state index is 12.1. The topological polar surface area (TPSA) is 73.8 Å². The van der Waals surface area contributed by atoms with E-state index in [4.69, 9.17) is 0 Å². The number of hydrogen-bond acceptors (Lipinski definition) is 4. The Kier molecular flexibility index (Phi) is 6.26. The van der Waals surface area contributed by atoms with Crippen LogP contribution in [0, 0.1) is 0 Å². The molecule has 0 aliphatic carbocycles. The summed E-state index contributed by atoms with van der Waals surface area (Å²) in [6, 6.07) is -0.200. The quantitative estimate of drug-likeness (QED) is 0.541. The van der Waals surface area contributed by atoms with E-state index < -0.39 is 22.6 Å². The molecule has 0 saturated carbocycles. The van der Waals surface area contributed by atoms with Crippen LogP contribution in [0.15, 0.2) is 4.99 Å². The van der Waals surface area contributed by atoms with Gasteiger partial charge in [0.25, 0.3) is 0 Å². The zero-order chi connectivity index (χ0) is 16.1. The summed E-state index contributed by atoms with van der Waals surface area (Å²) < 4.78 is 59.1. The third-order valence-electron chi connectivity index (χ3n) is 3.03. The third-order valence-corrected chi connectivity index (χ3v) is 4.80. The molecule has 0 bridgehead atoms. The molecule has 1 atom stereocenters. The van der Waals surface area contributed by atoms with E-state index in [2.05, 4.69) is 15.6 Å². The average Bonchev–Trinajstić information content (AvgIpc) is 2.65. The van der Waals surface area contributed by atoms with Crippen LogP contribution in [0.3, 0.4) is 0 Å². The molecule has 1 unspecified atom stereocenters. The van der Waals surface area contributed by atoms with Crippen molar-refractivity contribution in [1.29, 1.82) is 0 Å². The first kappa shape index (κ1) is 18.0. The lowest BCUT2D eigenvalue weighted by Crippen LogP contribution is -2.46. The highest BCUT2D eigenvalue weighted by Gasteiger charge is 2.29. The highest BCUT2D eigenvalue weighted by Crippen LogP contribution is 2.15. The van der Waals surface area contributed by atoms with E-state index in [1.165, 1.54) is 14.1 Å². The van der Waals surface area contributed by atoms with E-state index in [0.29, 0.717) is 12.4 Å². The van der Waals surface area contributed by atoms with Gasteiger partial charge in [-0.15, -0.1) is 0 Å². The highest BCUT2D eigenvalue weighted by molar-refractivity contribution is 7.91. The highest BCUT2D eigenvalue weighted by atomic mass is 32.2. The summed E-state index contributed by atoms with van der Waals surface area (Å²) in [7, 11) is -0.0722. The van der Waals surface area contributed by atoms with Gasteiger partial charge in [0.15, 0.2) is 15.8 Å². The van der Waals surface area contributed by atoms with Crippen LogP contribution in [-0.4, -0.2) is 76.7 Å². The van der Waals surface area contributed by atoms with Crippen LogP contribution < -0.4 is 10.6 Å². The van der Waals surface area contributed by atoms with Crippen molar-refractivity contribution in [2.24, 2.45) is 4.99 Å². The fourth-order valence-electron chi connectivity index (χ4n) is 2.05. The molecule has 1 saturated heterocycles. The summed E-state index contributed by atoms with van der Waals surface area (Å²) in [6.45, 7) is -0.490. The van der Waals surface area contributed by atoms with E-state index >= 15 is 0 Å². The normalized spacial score (nSPS) is 22.6. The van der Waals surface area contributed by atoms with Crippen molar-refractivity contribution < 1.29 is 21.6 Å². The SMILES string of the molecule is CN=C(NCCN(C)CC(F)(F)F)NC1CCS(=O)(=O)C1. The minimum atomic E-state index is -4.22. The fraction of sp³-hybridized carbons (Fsp3) is 0.909. The number of likely N-dealkylation sites (N-methyl/N-ethyl adjacent to an activating group) is 1. The first-order valence-corrected chi connectivity index (χ1v) is 8.36. The van der Waals surface area contributed by atoms with E-state index in [-0.39, 0.29) is 30.6 Å². The first-order valence-electron chi connectivity index (χ1n) is 6.54. The Hall–Kier alpha value is -1.03. The molecule has 0 amide bonds. The summed E-state index contributed by atoms with van der Waals surface area (Å²) >= 11 is 0. The van der Waals surface area contributed by atoms with Crippen molar-refractivity contribution >= 4 is 15.8 Å². The molecule has 0 aromatic heterocycles. The average molecular weight is 330 g/mol. The number of nitrogens with zero attached hydrogens (tertiary/aromatic N) is 2. The van der Waals surface area contributed by atoms with Gasteiger partial charge < -0.3 is 10.6 Å². The number of aliphatic imine (C=N–C) groups is 1. The number of halogens is 3. The number of sulfone groups is 1. The summed E-state index contributed by atoms with van der Waals surface area (Å²) in [5.41, 5.74) is 0. The van der Waals surface area contributed by atoms with Gasteiger partial charge in [0.1, 0.15) is 0 Å². The molecule has 6 nitrogen and oxygen atoms in total. The van der Waals surface area contributed by atoms with Crippen LogP contribution in [0.25, 0.3) is 0 Å². The molecule has 0 aromatic carbocycles. The number of nitrogens with one attached hydrogen (secondary N) is 2. The van der Waals surface area contributed by atoms with E-state index in [1.807, 2.05) is 0 Å². The molecule has 1 fully saturated rings. The Morgan fingerprint density at radius 1 is 1.43 bits per heavy atom. The van der Waals surface area contributed by atoms with Gasteiger partial charge in [-0.3, -0.25) is 9.89 Å². The minimum absolute atomic E-state index is 0.0572. The largest absolute Gasteiger partial charge is 0.401 e. The van der Waals surface area contributed by atoms with Crippen LogP contribution in [0.2, 0.25) is 0 Å². The van der Waals surface area contributed by atoms with E-state index in [9.17, 15) is 21.6 Å². The lowest BCUT2D eigenvalue weighted by molar-refractivity contribution is -0.142. The lowest BCUT2D eigenvalue weighted by Gasteiger charge is -2.20. The molecule has 0 radical (unpaired) electrons. The van der Waals surface area contributed by atoms with Gasteiger partial charge in [0, 0.05) is 26.2 Å². The Balaban J connectivity index is 2.29. The fourth-order valence-corrected chi connectivity index (χ4v) is 3.72. The molecule has 2 N–H and O–H groups in total. The summed E-state index contributed by atoms with van der Waals surface area (Å²) in [6.07, 6.45) is -3.70. The second-order valence-corrected chi connectivity index (χ2v) is 7.32. The molecule has 1 heterocycles. The van der Waals surface area contributed by atoms with Crippen LogP contribution in [0.5, 0.6) is 0 Å². The minimum Gasteiger partial charge on any atom is -0.355 e. The monoisotopic (exact) mass is 330 g/mol. The smallest absolute Gasteiger partial charge is 0.355 e. The second-order valence-electron chi connectivity index (χ2n) is 5.10. The van der Waals surface area contributed by atoms with Crippen molar-refractivity contribution in [2.45, 2.75) is 18.6 Å². The molecular weight excluding hydrogens is 309 g/mol. The standard InChI is InChI=1S/C11H21F3N4O2S/c1-15-10(17-9-3-6-21(19,20)7-9)16-4-5-18(2)8-11(12,13)14/h9H,3-8H2,1-2H3,(H2,15,16,17). The van der Waals surface area contributed by atoms with Crippen molar-refractivity contribution in [3.05, 3.63) is 0 Å². The molecular formula is C11H21F3N4O2S. The maximum absolute atomic E-state index is 12.1. The number of guanidine groups is 1. The molecule has 124 valence electrons. The maximum Gasteiger partial charge on any atom is 0.401 e. The van der Waals surface area contributed by atoms with Gasteiger partial charge in [0.05, 0.1) is 18.1 Å². The van der Waals surface area contributed by atoms with Gasteiger partial charge >= 0.3 is 6.18 Å². The predicted molar refractivity (Wildman–Crippen MR) is 75.1 cm³/mol. The van der Waals surface area contributed by atoms with Crippen molar-refractivity contribution in [3.8, 4) is 0 Å². The molecule has 21 heavy (non-hydrogen) atoms. The van der Waals surface area contributed by atoms with Gasteiger partial charge in [0.2, 0.25) is 0 Å². The number of rotatable bonds is 5. The van der Waals surface area contributed by atoms with Gasteiger partial charge in [-0.2, -0.15) is 13.2 Å². The Morgan fingerprint density at radius 2 is 2.10 bits per heavy atom. The van der Waals surface area contributed by atoms with Gasteiger partial charge in [-0.25, -0.2) is 8.42 Å². The van der Waals surface area contributed by atoms with Gasteiger partial charge in [-0.1, -0.05) is 0 Å². The number of hydrogen-bond donors (Lipinski definition) is 2. The third kappa shape index (κ3) is 7.51. The molecule has 1 aliphatic heterocycles. The molecule has 1 aliphatic rings. The lowest BCUT2D eigenvalue weighted by atomic mass is 10.3. The zero-order valence-corrected chi connectivity index (χ0v) is 12.9. The van der Waals surface area contributed by atoms with Gasteiger partial charge in [-0.05, 0) is 13.5 Å². The van der Waals surface area contributed by atoms with Crippen LogP contribution in [0.4, 0.5) is 13.2 Å². The van der Waals surface area contributed by atoms with Crippen LogP contribution in [-0.2, 0) is 9.84 Å². The molecule has 0 spiro atoms. The van der Waals surface area contributed by atoms with Crippen molar-refractivity contribution in [2.75, 3.05) is 45.2 Å². The summed E-state index contributed by atoms with van der Waals surface area (Å²) in [5.74, 6) is 0.606. The Morgan fingerprint density at radius 3 is 2.57 bits per heavy atom. The Labute approximate surface area is 122 Å². The predicted octanol–water partition coefficient (Wildman–Crippen LogP) is -0.167. The molecule has 1 rings (SSSR count). The zero-order valence-electron chi connectivity index (χ0n) is 12.1. The van der Waals surface area contributed by atoms with Crippen molar-refractivity contribution in [1.82, 2.24) is 15.5 Å². The summed E-state index contributed by atoms with van der Waals surface area (Å²) in [5, 5.41) is 5.84. The first-order chi connectivity index (χ1) is 9.61. The van der Waals surface area contributed by atoms with Crippen molar-refractivity contribution in [3.63, 3.8) is 0 Å². The van der Waals surface area contributed by atoms with E-state index in [1.54, 1.807) is 0 Å². The van der Waals surface area contributed by atoms with Crippen LogP contribution >= 0.6 is 0 Å². The molecule has 10 heteroatoms. The number of alkyl halides is 3. The second kappa shape index (κ2) is 7.30. The Bertz CT molecular complexity index is 465.